The molecule has 1 aromatic heterocycles. The third kappa shape index (κ3) is 3.87. The summed E-state index contributed by atoms with van der Waals surface area (Å²) in [7, 11) is 2.95. The first-order valence-electron chi connectivity index (χ1n) is 8.53. The summed E-state index contributed by atoms with van der Waals surface area (Å²) in [6.07, 6.45) is 3.00. The van der Waals surface area contributed by atoms with Crippen LogP contribution >= 0.6 is 0 Å². The Morgan fingerprint density at radius 1 is 0.926 bits per heavy atom. The zero-order chi connectivity index (χ0) is 19.2. The summed E-state index contributed by atoms with van der Waals surface area (Å²) in [6.45, 7) is 0. The first kappa shape index (κ1) is 18.3. The van der Waals surface area contributed by atoms with Gasteiger partial charge in [0.25, 0.3) is 0 Å². The second-order valence-corrected chi connectivity index (χ2v) is 6.04. The van der Waals surface area contributed by atoms with E-state index in [1.165, 1.54) is 24.4 Å². The van der Waals surface area contributed by atoms with Crippen molar-refractivity contribution in [1.82, 2.24) is 4.98 Å². The third-order valence-electron chi connectivity index (χ3n) is 4.41. The Bertz CT molecular complexity index is 887. The molecule has 3 aromatic rings. The molecule has 0 N–H and O–H groups in total. The largest absolute Gasteiger partial charge is 0.465 e. The molecular formula is C22H20N2O3. The number of ether oxygens (including phenoxy) is 1. The first-order valence-corrected chi connectivity index (χ1v) is 8.53. The second kappa shape index (κ2) is 8.27. The van der Waals surface area contributed by atoms with Crippen LogP contribution in [0.1, 0.15) is 27.4 Å². The molecule has 0 fully saturated rings. The molecule has 1 amide bonds. The molecule has 0 unspecified atom stereocenters. The van der Waals surface area contributed by atoms with Crippen molar-refractivity contribution in [3.05, 3.63) is 95.8 Å². The zero-order valence-electron chi connectivity index (χ0n) is 15.2. The Balaban J connectivity index is 2.04. The second-order valence-electron chi connectivity index (χ2n) is 6.04. The number of hydrogen-bond donors (Lipinski definition) is 0. The number of amides is 1. The molecule has 1 heterocycles. The quantitative estimate of drug-likeness (QED) is 0.652. The van der Waals surface area contributed by atoms with Crippen LogP contribution in [0.25, 0.3) is 0 Å². The van der Waals surface area contributed by atoms with E-state index < -0.39 is 11.9 Å². The monoisotopic (exact) mass is 360 g/mol. The van der Waals surface area contributed by atoms with Gasteiger partial charge in [-0.15, -0.1) is 0 Å². The highest BCUT2D eigenvalue weighted by Crippen LogP contribution is 2.29. The van der Waals surface area contributed by atoms with E-state index in [-0.39, 0.29) is 5.91 Å². The van der Waals surface area contributed by atoms with E-state index in [0.29, 0.717) is 11.3 Å². The van der Waals surface area contributed by atoms with Gasteiger partial charge in [-0.2, -0.15) is 0 Å². The van der Waals surface area contributed by atoms with Crippen LogP contribution in [0, 0.1) is 0 Å². The molecule has 0 atom stereocenters. The third-order valence-corrected chi connectivity index (χ3v) is 4.41. The molecule has 2 aromatic carbocycles. The fraction of sp³-hybridized carbons (Fsp3) is 0.136. The van der Waals surface area contributed by atoms with Crippen molar-refractivity contribution in [2.45, 2.75) is 5.92 Å². The van der Waals surface area contributed by atoms with Crippen molar-refractivity contribution in [2.75, 3.05) is 19.1 Å². The minimum absolute atomic E-state index is 0.162. The highest BCUT2D eigenvalue weighted by molar-refractivity contribution is 6.05. The van der Waals surface area contributed by atoms with E-state index in [9.17, 15) is 9.59 Å². The number of likely N-dealkylation sites (N-methyl/N-ethyl adjacent to an activating group) is 1. The lowest BCUT2D eigenvalue weighted by atomic mass is 9.90. The van der Waals surface area contributed by atoms with Crippen LogP contribution in [0.15, 0.2) is 79.1 Å². The number of carbonyl (C=O) groups excluding carboxylic acids is 2. The molecule has 0 aliphatic rings. The van der Waals surface area contributed by atoms with Gasteiger partial charge in [-0.1, -0.05) is 60.7 Å². The van der Waals surface area contributed by atoms with Gasteiger partial charge >= 0.3 is 5.97 Å². The minimum atomic E-state index is -0.511. The molecule has 0 saturated heterocycles. The normalized spacial score (nSPS) is 10.5. The predicted octanol–water partition coefficient (Wildman–Crippen LogP) is 3.66. The number of rotatable bonds is 5. The van der Waals surface area contributed by atoms with Gasteiger partial charge in [-0.25, -0.2) is 4.79 Å². The average molecular weight is 360 g/mol. The van der Waals surface area contributed by atoms with Gasteiger partial charge in [0.15, 0.2) is 0 Å². The summed E-state index contributed by atoms with van der Waals surface area (Å²) in [5.74, 6) is -1.17. The van der Waals surface area contributed by atoms with Crippen LogP contribution in [0.2, 0.25) is 0 Å². The van der Waals surface area contributed by atoms with Gasteiger partial charge in [0.05, 0.1) is 30.5 Å². The zero-order valence-corrected chi connectivity index (χ0v) is 15.2. The Morgan fingerprint density at radius 2 is 1.48 bits per heavy atom. The molecule has 0 saturated carbocycles. The van der Waals surface area contributed by atoms with Crippen molar-refractivity contribution in [1.29, 1.82) is 0 Å². The molecule has 0 radical (unpaired) electrons. The minimum Gasteiger partial charge on any atom is -0.465 e. The lowest BCUT2D eigenvalue weighted by molar-refractivity contribution is -0.118. The highest BCUT2D eigenvalue weighted by atomic mass is 16.5. The molecule has 0 spiro atoms. The Morgan fingerprint density at radius 3 is 2.00 bits per heavy atom. The van der Waals surface area contributed by atoms with E-state index in [1.54, 1.807) is 13.1 Å². The molecule has 3 rings (SSSR count). The fourth-order valence-electron chi connectivity index (χ4n) is 3.02. The number of aromatic nitrogens is 1. The molecule has 27 heavy (non-hydrogen) atoms. The van der Waals surface area contributed by atoms with E-state index >= 15 is 0 Å². The number of nitrogens with zero attached hydrogens (tertiary/aromatic N) is 2. The maximum atomic E-state index is 13.5. The van der Waals surface area contributed by atoms with E-state index in [1.807, 2.05) is 60.7 Å². The number of carbonyl (C=O) groups is 2. The molecular weight excluding hydrogens is 340 g/mol. The number of anilines is 1. The smallest absolute Gasteiger partial charge is 0.340 e. The van der Waals surface area contributed by atoms with E-state index in [4.69, 9.17) is 4.74 Å². The standard InChI is InChI=1S/C22H20N2O3/c1-24(19-15-23-14-13-18(19)22(26)27-2)21(25)20(16-9-5-3-6-10-16)17-11-7-4-8-12-17/h3-15,20H,1-2H3. The summed E-state index contributed by atoms with van der Waals surface area (Å²) < 4.78 is 4.83. The number of methoxy groups -OCH3 is 1. The van der Waals surface area contributed by atoms with Crippen molar-refractivity contribution >= 4 is 17.6 Å². The van der Waals surface area contributed by atoms with Gasteiger partial charge in [-0.3, -0.25) is 9.78 Å². The van der Waals surface area contributed by atoms with Crippen LogP contribution in [0.3, 0.4) is 0 Å². The predicted molar refractivity (Wildman–Crippen MR) is 104 cm³/mol. The maximum Gasteiger partial charge on any atom is 0.340 e. The average Bonchev–Trinajstić information content (AvgIpc) is 2.74. The highest BCUT2D eigenvalue weighted by Gasteiger charge is 2.28. The first-order chi connectivity index (χ1) is 13.1. The fourth-order valence-corrected chi connectivity index (χ4v) is 3.02. The van der Waals surface area contributed by atoms with Gasteiger partial charge in [0.1, 0.15) is 0 Å². The maximum absolute atomic E-state index is 13.5. The van der Waals surface area contributed by atoms with Crippen molar-refractivity contribution in [2.24, 2.45) is 0 Å². The molecule has 136 valence electrons. The Hall–Kier alpha value is -3.47. The van der Waals surface area contributed by atoms with Gasteiger partial charge in [-0.05, 0) is 17.2 Å². The summed E-state index contributed by atoms with van der Waals surface area (Å²) in [4.78, 5) is 31.1. The van der Waals surface area contributed by atoms with Crippen LogP contribution in [0.5, 0.6) is 0 Å². The summed E-state index contributed by atoms with van der Waals surface area (Å²) in [5.41, 5.74) is 2.46. The summed E-state index contributed by atoms with van der Waals surface area (Å²) >= 11 is 0. The van der Waals surface area contributed by atoms with Crippen LogP contribution in [-0.2, 0) is 9.53 Å². The molecule has 0 aliphatic carbocycles. The lowest BCUT2D eigenvalue weighted by Gasteiger charge is -2.25. The summed E-state index contributed by atoms with van der Waals surface area (Å²) in [6, 6.07) is 20.7. The van der Waals surface area contributed by atoms with Gasteiger partial charge < -0.3 is 9.64 Å². The van der Waals surface area contributed by atoms with Crippen LogP contribution < -0.4 is 4.90 Å². The Kier molecular flexibility index (Phi) is 5.61. The van der Waals surface area contributed by atoms with Gasteiger partial charge in [0, 0.05) is 13.2 Å². The van der Waals surface area contributed by atoms with Gasteiger partial charge in [0.2, 0.25) is 5.91 Å². The molecule has 0 aliphatic heterocycles. The lowest BCUT2D eigenvalue weighted by Crippen LogP contribution is -2.33. The summed E-state index contributed by atoms with van der Waals surface area (Å²) in [5, 5.41) is 0. The van der Waals surface area contributed by atoms with Crippen molar-refractivity contribution < 1.29 is 14.3 Å². The molecule has 5 heteroatoms. The van der Waals surface area contributed by atoms with Crippen LogP contribution in [0.4, 0.5) is 5.69 Å². The number of hydrogen-bond acceptors (Lipinski definition) is 4. The topological polar surface area (TPSA) is 59.5 Å². The van der Waals surface area contributed by atoms with Crippen molar-refractivity contribution in [3.8, 4) is 0 Å². The SMILES string of the molecule is COC(=O)c1ccncc1N(C)C(=O)C(c1ccccc1)c1ccccc1. The Labute approximate surface area is 158 Å². The number of pyridine rings is 1. The molecule has 0 bridgehead atoms. The number of esters is 1. The number of benzene rings is 2. The van der Waals surface area contributed by atoms with E-state index in [2.05, 4.69) is 4.98 Å². The molecule has 5 nitrogen and oxygen atoms in total. The van der Waals surface area contributed by atoms with Crippen LogP contribution in [-0.4, -0.2) is 31.0 Å². The van der Waals surface area contributed by atoms with E-state index in [0.717, 1.165) is 11.1 Å². The van der Waals surface area contributed by atoms with Crippen molar-refractivity contribution in [3.63, 3.8) is 0 Å².